The third kappa shape index (κ3) is 2.69. The third-order valence-electron chi connectivity index (χ3n) is 3.82. The van der Waals surface area contributed by atoms with Crippen LogP contribution in [0.1, 0.15) is 0 Å². The molecule has 1 saturated heterocycles. The predicted molar refractivity (Wildman–Crippen MR) is 77.0 cm³/mol. The summed E-state index contributed by atoms with van der Waals surface area (Å²) in [7, 11) is 1.42. The molecule has 0 radical (unpaired) electrons. The lowest BCUT2D eigenvalue weighted by Gasteiger charge is -2.27. The minimum atomic E-state index is -4.28. The standard InChI is InChI=1S/C15H16F3N3/c1-21-14(15(16,17)18)13(9-19-21)20-12-8-4-6-10-5-2-3-7-11(10)12/h2-8,13-14,19-20H,9H2,1H3. The van der Waals surface area contributed by atoms with Crippen LogP contribution in [0.5, 0.6) is 0 Å². The first kappa shape index (κ1) is 14.2. The van der Waals surface area contributed by atoms with E-state index in [2.05, 4.69) is 10.7 Å². The van der Waals surface area contributed by atoms with Crippen molar-refractivity contribution in [3.8, 4) is 0 Å². The lowest BCUT2D eigenvalue weighted by atomic mass is 10.1. The molecule has 3 nitrogen and oxygen atoms in total. The number of rotatable bonds is 2. The molecule has 0 aromatic heterocycles. The van der Waals surface area contributed by atoms with Crippen molar-refractivity contribution in [3.63, 3.8) is 0 Å². The molecule has 0 saturated carbocycles. The fourth-order valence-corrected chi connectivity index (χ4v) is 2.85. The van der Waals surface area contributed by atoms with Gasteiger partial charge in [-0.15, -0.1) is 0 Å². The lowest BCUT2D eigenvalue weighted by molar-refractivity contribution is -0.178. The largest absolute Gasteiger partial charge is 0.407 e. The molecule has 21 heavy (non-hydrogen) atoms. The van der Waals surface area contributed by atoms with E-state index in [0.29, 0.717) is 0 Å². The molecule has 1 heterocycles. The van der Waals surface area contributed by atoms with Gasteiger partial charge in [0, 0.05) is 24.7 Å². The maximum atomic E-state index is 13.2. The molecule has 1 aliphatic rings. The van der Waals surface area contributed by atoms with Crippen molar-refractivity contribution in [2.24, 2.45) is 0 Å². The van der Waals surface area contributed by atoms with Gasteiger partial charge < -0.3 is 5.32 Å². The zero-order valence-electron chi connectivity index (χ0n) is 11.5. The van der Waals surface area contributed by atoms with Gasteiger partial charge in [-0.1, -0.05) is 36.4 Å². The van der Waals surface area contributed by atoms with Gasteiger partial charge >= 0.3 is 6.18 Å². The van der Waals surface area contributed by atoms with Crippen molar-refractivity contribution < 1.29 is 13.2 Å². The van der Waals surface area contributed by atoms with E-state index in [0.717, 1.165) is 21.5 Å². The van der Waals surface area contributed by atoms with Gasteiger partial charge in [0.05, 0.1) is 6.04 Å². The molecule has 3 rings (SSSR count). The Morgan fingerprint density at radius 1 is 1.14 bits per heavy atom. The van der Waals surface area contributed by atoms with E-state index < -0.39 is 18.3 Å². The van der Waals surface area contributed by atoms with Gasteiger partial charge in [-0.05, 0) is 11.5 Å². The highest BCUT2D eigenvalue weighted by Crippen LogP contribution is 2.31. The number of hydrogen-bond donors (Lipinski definition) is 2. The van der Waals surface area contributed by atoms with Crippen molar-refractivity contribution in [1.82, 2.24) is 10.4 Å². The monoisotopic (exact) mass is 295 g/mol. The van der Waals surface area contributed by atoms with Crippen molar-refractivity contribution in [1.29, 1.82) is 0 Å². The zero-order chi connectivity index (χ0) is 15.0. The molecule has 0 bridgehead atoms. The number of nitrogens with one attached hydrogen (secondary N) is 2. The molecule has 2 unspecified atom stereocenters. The number of benzene rings is 2. The second-order valence-electron chi connectivity index (χ2n) is 5.24. The summed E-state index contributed by atoms with van der Waals surface area (Å²) < 4.78 is 39.5. The summed E-state index contributed by atoms with van der Waals surface area (Å²) in [6.07, 6.45) is -4.28. The van der Waals surface area contributed by atoms with Gasteiger partial charge in [0.25, 0.3) is 0 Å². The van der Waals surface area contributed by atoms with Crippen LogP contribution in [-0.4, -0.2) is 36.9 Å². The Morgan fingerprint density at radius 3 is 2.62 bits per heavy atom. The second kappa shape index (κ2) is 5.20. The Hall–Kier alpha value is -1.79. The van der Waals surface area contributed by atoms with Crippen LogP contribution in [0, 0.1) is 0 Å². The summed E-state index contributed by atoms with van der Waals surface area (Å²) in [6.45, 7) is 0.240. The molecule has 6 heteroatoms. The number of nitrogens with zero attached hydrogens (tertiary/aromatic N) is 1. The highest BCUT2D eigenvalue weighted by Gasteiger charge is 2.50. The molecular weight excluding hydrogens is 279 g/mol. The fourth-order valence-electron chi connectivity index (χ4n) is 2.85. The number of anilines is 1. The van der Waals surface area contributed by atoms with E-state index in [4.69, 9.17) is 0 Å². The molecule has 1 fully saturated rings. The fraction of sp³-hybridized carbons (Fsp3) is 0.333. The van der Waals surface area contributed by atoms with Gasteiger partial charge in [0.1, 0.15) is 6.04 Å². The number of fused-ring (bicyclic) bond motifs is 1. The maximum Gasteiger partial charge on any atom is 0.407 e. The number of hydrogen-bond acceptors (Lipinski definition) is 3. The zero-order valence-corrected chi connectivity index (χ0v) is 11.5. The summed E-state index contributed by atoms with van der Waals surface area (Å²) >= 11 is 0. The number of halogens is 3. The first-order chi connectivity index (χ1) is 9.97. The molecule has 0 spiro atoms. The van der Waals surface area contributed by atoms with E-state index in [1.165, 1.54) is 7.05 Å². The van der Waals surface area contributed by atoms with Gasteiger partial charge in [-0.3, -0.25) is 5.43 Å². The van der Waals surface area contributed by atoms with Crippen LogP contribution < -0.4 is 10.7 Å². The third-order valence-corrected chi connectivity index (χ3v) is 3.82. The van der Waals surface area contributed by atoms with E-state index in [-0.39, 0.29) is 6.54 Å². The van der Waals surface area contributed by atoms with Gasteiger partial charge in [-0.25, -0.2) is 5.01 Å². The van der Waals surface area contributed by atoms with Crippen LogP contribution in [0.2, 0.25) is 0 Å². The van der Waals surface area contributed by atoms with Crippen molar-refractivity contribution >= 4 is 16.5 Å². The molecule has 0 aliphatic carbocycles. The van der Waals surface area contributed by atoms with Crippen molar-refractivity contribution in [2.75, 3.05) is 18.9 Å². The Kier molecular flexibility index (Phi) is 3.51. The van der Waals surface area contributed by atoms with E-state index in [9.17, 15) is 13.2 Å². The molecule has 2 aromatic rings. The summed E-state index contributed by atoms with van der Waals surface area (Å²) in [5, 5.41) is 6.11. The average molecular weight is 295 g/mol. The number of alkyl halides is 3. The minimum Gasteiger partial charge on any atom is -0.378 e. The highest BCUT2D eigenvalue weighted by molar-refractivity contribution is 5.93. The van der Waals surface area contributed by atoms with Crippen LogP contribution in [0.25, 0.3) is 10.8 Å². The molecule has 2 atom stereocenters. The van der Waals surface area contributed by atoms with E-state index in [1.54, 1.807) is 0 Å². The topological polar surface area (TPSA) is 27.3 Å². The van der Waals surface area contributed by atoms with Gasteiger partial charge in [0.15, 0.2) is 0 Å². The number of hydrazine groups is 1. The second-order valence-corrected chi connectivity index (χ2v) is 5.24. The highest BCUT2D eigenvalue weighted by atomic mass is 19.4. The van der Waals surface area contributed by atoms with Crippen LogP contribution >= 0.6 is 0 Å². The van der Waals surface area contributed by atoms with Crippen molar-refractivity contribution in [2.45, 2.75) is 18.3 Å². The Morgan fingerprint density at radius 2 is 1.86 bits per heavy atom. The Labute approximate surface area is 120 Å². The number of likely N-dealkylation sites (N-methyl/N-ethyl adjacent to an activating group) is 1. The van der Waals surface area contributed by atoms with Gasteiger partial charge in [0.2, 0.25) is 0 Å². The molecule has 2 aromatic carbocycles. The molecule has 0 amide bonds. The quantitative estimate of drug-likeness (QED) is 0.892. The average Bonchev–Trinajstić information content (AvgIpc) is 2.80. The Balaban J connectivity index is 1.92. The smallest absolute Gasteiger partial charge is 0.378 e. The first-order valence-electron chi connectivity index (χ1n) is 6.74. The van der Waals surface area contributed by atoms with E-state index in [1.807, 2.05) is 42.5 Å². The minimum absolute atomic E-state index is 0.240. The summed E-state index contributed by atoms with van der Waals surface area (Å²) in [4.78, 5) is 0. The van der Waals surface area contributed by atoms with Crippen LogP contribution in [0.3, 0.4) is 0 Å². The molecule has 2 N–H and O–H groups in total. The predicted octanol–water partition coefficient (Wildman–Crippen LogP) is 3.00. The lowest BCUT2D eigenvalue weighted by Crippen LogP contribution is -2.49. The Bertz CT molecular complexity index is 636. The van der Waals surface area contributed by atoms with Crippen LogP contribution in [-0.2, 0) is 0 Å². The van der Waals surface area contributed by atoms with E-state index >= 15 is 0 Å². The van der Waals surface area contributed by atoms with Gasteiger partial charge in [-0.2, -0.15) is 13.2 Å². The molecule has 112 valence electrons. The van der Waals surface area contributed by atoms with Crippen LogP contribution in [0.4, 0.5) is 18.9 Å². The SMILES string of the molecule is CN1NCC(Nc2cccc3ccccc23)C1C(F)(F)F. The molecule has 1 aliphatic heterocycles. The summed E-state index contributed by atoms with van der Waals surface area (Å²) in [5.74, 6) is 0. The van der Waals surface area contributed by atoms with Crippen molar-refractivity contribution in [3.05, 3.63) is 42.5 Å². The molecular formula is C15H16F3N3. The first-order valence-corrected chi connectivity index (χ1v) is 6.74. The summed E-state index contributed by atoms with van der Waals surface area (Å²) in [6, 6.07) is 11.0. The maximum absolute atomic E-state index is 13.2. The summed E-state index contributed by atoms with van der Waals surface area (Å²) in [5.41, 5.74) is 3.47. The normalized spacial score (nSPS) is 23.6. The van der Waals surface area contributed by atoms with Crippen LogP contribution in [0.15, 0.2) is 42.5 Å².